The molecule has 8 heteroatoms. The predicted octanol–water partition coefficient (Wildman–Crippen LogP) is 2.44. The van der Waals surface area contributed by atoms with Crippen LogP contribution in [-0.4, -0.2) is 43.7 Å². The molecule has 1 aliphatic heterocycles. The summed E-state index contributed by atoms with van der Waals surface area (Å²) in [5, 5.41) is 14.7. The van der Waals surface area contributed by atoms with E-state index in [4.69, 9.17) is 10.7 Å². The van der Waals surface area contributed by atoms with Crippen molar-refractivity contribution in [2.24, 2.45) is 5.92 Å². The summed E-state index contributed by atoms with van der Waals surface area (Å²) in [4.78, 5) is 22.5. The van der Waals surface area contributed by atoms with Crippen molar-refractivity contribution >= 4 is 34.2 Å². The highest BCUT2D eigenvalue weighted by molar-refractivity contribution is 5.87. The fourth-order valence-electron chi connectivity index (χ4n) is 3.73. The normalized spacial score (nSPS) is 16.9. The third-order valence-corrected chi connectivity index (χ3v) is 5.25. The molecule has 5 rings (SSSR count). The van der Waals surface area contributed by atoms with E-state index in [2.05, 4.69) is 16.1 Å². The molecule has 0 spiro atoms. The third kappa shape index (κ3) is 2.61. The molecule has 1 unspecified atom stereocenters. The zero-order chi connectivity index (χ0) is 19.3. The number of nitrogen functional groups attached to an aromatic ring is 1. The van der Waals surface area contributed by atoms with Gasteiger partial charge < -0.3 is 15.7 Å². The zero-order valence-corrected chi connectivity index (χ0v) is 15.0. The number of rotatable bonds is 3. The van der Waals surface area contributed by atoms with Crippen molar-refractivity contribution in [3.05, 3.63) is 48.8 Å². The van der Waals surface area contributed by atoms with Crippen LogP contribution in [0.4, 0.5) is 11.6 Å². The quantitative estimate of drug-likeness (QED) is 0.567. The van der Waals surface area contributed by atoms with E-state index in [-0.39, 0.29) is 5.92 Å². The summed E-state index contributed by atoms with van der Waals surface area (Å²) >= 11 is 0. The van der Waals surface area contributed by atoms with E-state index in [9.17, 15) is 9.90 Å². The molecule has 4 heterocycles. The molecule has 28 heavy (non-hydrogen) atoms. The van der Waals surface area contributed by atoms with Gasteiger partial charge in [0.05, 0.1) is 17.6 Å². The molecule has 140 valence electrons. The summed E-state index contributed by atoms with van der Waals surface area (Å²) in [7, 11) is 0. The van der Waals surface area contributed by atoms with Crippen LogP contribution in [-0.2, 0) is 4.79 Å². The molecule has 1 aliphatic rings. The van der Waals surface area contributed by atoms with Gasteiger partial charge in [-0.2, -0.15) is 9.61 Å². The van der Waals surface area contributed by atoms with Crippen LogP contribution in [0.15, 0.2) is 48.8 Å². The zero-order valence-electron chi connectivity index (χ0n) is 15.0. The Hall–Kier alpha value is -3.68. The molecule has 0 bridgehead atoms. The molecule has 0 saturated carbocycles. The highest BCUT2D eigenvalue weighted by atomic mass is 16.4. The van der Waals surface area contributed by atoms with E-state index in [1.807, 2.05) is 29.2 Å². The van der Waals surface area contributed by atoms with Crippen molar-refractivity contribution in [2.75, 3.05) is 23.7 Å². The average molecular weight is 374 g/mol. The lowest BCUT2D eigenvalue weighted by molar-refractivity contribution is -0.140. The number of fused-ring (bicyclic) bond motifs is 2. The largest absolute Gasteiger partial charge is 0.481 e. The SMILES string of the molecule is Nc1cc(N2CCC(C(=O)O)C2)nc2c(-c3cnc4ccccc4c3)cnn12. The number of carbonyl (C=O) groups is 1. The van der Waals surface area contributed by atoms with Gasteiger partial charge in [0.1, 0.15) is 11.6 Å². The van der Waals surface area contributed by atoms with Gasteiger partial charge in [-0.05, 0) is 18.6 Å². The summed E-state index contributed by atoms with van der Waals surface area (Å²) < 4.78 is 1.60. The number of anilines is 2. The van der Waals surface area contributed by atoms with Crippen molar-refractivity contribution in [1.29, 1.82) is 0 Å². The Morgan fingerprint density at radius 3 is 2.89 bits per heavy atom. The van der Waals surface area contributed by atoms with E-state index in [0.29, 0.717) is 36.8 Å². The Bertz CT molecular complexity index is 1220. The van der Waals surface area contributed by atoms with E-state index < -0.39 is 5.97 Å². The van der Waals surface area contributed by atoms with Crippen LogP contribution >= 0.6 is 0 Å². The lowest BCUT2D eigenvalue weighted by atomic mass is 10.1. The molecule has 1 aromatic carbocycles. The smallest absolute Gasteiger partial charge is 0.308 e. The molecule has 3 aromatic heterocycles. The number of aliphatic carboxylic acids is 1. The molecule has 1 fully saturated rings. The first-order chi connectivity index (χ1) is 13.6. The molecule has 3 N–H and O–H groups in total. The summed E-state index contributed by atoms with van der Waals surface area (Å²) in [6.45, 7) is 1.07. The first kappa shape index (κ1) is 16.5. The van der Waals surface area contributed by atoms with Gasteiger partial charge >= 0.3 is 5.97 Å². The van der Waals surface area contributed by atoms with E-state index in [0.717, 1.165) is 22.0 Å². The Kier molecular flexibility index (Phi) is 3.65. The Balaban J connectivity index is 1.60. The van der Waals surface area contributed by atoms with Crippen LogP contribution < -0.4 is 10.6 Å². The van der Waals surface area contributed by atoms with Crippen LogP contribution in [0.25, 0.3) is 27.7 Å². The van der Waals surface area contributed by atoms with Crippen molar-refractivity contribution in [3.63, 3.8) is 0 Å². The van der Waals surface area contributed by atoms with Crippen LogP contribution in [0, 0.1) is 5.92 Å². The lowest BCUT2D eigenvalue weighted by Gasteiger charge is -2.17. The summed E-state index contributed by atoms with van der Waals surface area (Å²) in [5.74, 6) is -0.0276. The van der Waals surface area contributed by atoms with Gasteiger partial charge in [-0.1, -0.05) is 18.2 Å². The number of hydrogen-bond acceptors (Lipinski definition) is 6. The van der Waals surface area contributed by atoms with Crippen molar-refractivity contribution in [2.45, 2.75) is 6.42 Å². The van der Waals surface area contributed by atoms with E-state index in [1.165, 1.54) is 0 Å². The lowest BCUT2D eigenvalue weighted by Crippen LogP contribution is -2.24. The number of carboxylic acid groups (broad SMARTS) is 1. The molecule has 0 radical (unpaired) electrons. The Morgan fingerprint density at radius 2 is 2.07 bits per heavy atom. The second-order valence-corrected chi connectivity index (χ2v) is 7.02. The summed E-state index contributed by atoms with van der Waals surface area (Å²) in [6, 6.07) is 11.7. The highest BCUT2D eigenvalue weighted by Crippen LogP contribution is 2.30. The second kappa shape index (κ2) is 6.19. The number of nitrogens with two attached hydrogens (primary N) is 1. The van der Waals surface area contributed by atoms with E-state index >= 15 is 0 Å². The maximum Gasteiger partial charge on any atom is 0.308 e. The monoisotopic (exact) mass is 374 g/mol. The number of pyridine rings is 1. The minimum Gasteiger partial charge on any atom is -0.481 e. The number of hydrogen-bond donors (Lipinski definition) is 2. The standard InChI is InChI=1S/C20H18N6O2/c21-17-8-18(25-6-5-13(11-25)20(27)28)24-19-15(10-23-26(17)19)14-7-12-3-1-2-4-16(12)22-9-14/h1-4,7-10,13H,5-6,11,21H2,(H,27,28). The van der Waals surface area contributed by atoms with Gasteiger partial charge in [0, 0.05) is 41.9 Å². The van der Waals surface area contributed by atoms with Gasteiger partial charge in [-0.3, -0.25) is 9.78 Å². The molecular formula is C20H18N6O2. The van der Waals surface area contributed by atoms with Gasteiger partial charge in [-0.25, -0.2) is 4.98 Å². The Labute approximate surface area is 160 Å². The second-order valence-electron chi connectivity index (χ2n) is 7.02. The van der Waals surface area contributed by atoms with Crippen molar-refractivity contribution < 1.29 is 9.90 Å². The molecule has 1 atom stereocenters. The molecule has 0 aliphatic carbocycles. The van der Waals surface area contributed by atoms with Crippen LogP contribution in [0.5, 0.6) is 0 Å². The van der Waals surface area contributed by atoms with Gasteiger partial charge in [0.15, 0.2) is 5.65 Å². The number of aromatic nitrogens is 4. The van der Waals surface area contributed by atoms with Crippen LogP contribution in [0.2, 0.25) is 0 Å². The van der Waals surface area contributed by atoms with Crippen molar-refractivity contribution in [1.82, 2.24) is 19.6 Å². The van der Waals surface area contributed by atoms with Gasteiger partial charge in [0.25, 0.3) is 0 Å². The van der Waals surface area contributed by atoms with Crippen molar-refractivity contribution in [3.8, 4) is 11.1 Å². The molecule has 8 nitrogen and oxygen atoms in total. The average Bonchev–Trinajstić information content (AvgIpc) is 3.35. The van der Waals surface area contributed by atoms with Gasteiger partial charge in [0.2, 0.25) is 0 Å². The summed E-state index contributed by atoms with van der Waals surface area (Å²) in [6.07, 6.45) is 4.14. The number of carboxylic acids is 1. The fraction of sp³-hybridized carbons (Fsp3) is 0.200. The number of para-hydroxylation sites is 1. The first-order valence-corrected chi connectivity index (χ1v) is 9.07. The molecule has 0 amide bonds. The number of benzene rings is 1. The minimum atomic E-state index is -0.774. The molecule has 1 saturated heterocycles. The van der Waals surface area contributed by atoms with Crippen LogP contribution in [0.1, 0.15) is 6.42 Å². The highest BCUT2D eigenvalue weighted by Gasteiger charge is 2.29. The fourth-order valence-corrected chi connectivity index (χ4v) is 3.73. The predicted molar refractivity (Wildman–Crippen MR) is 106 cm³/mol. The maximum absolute atomic E-state index is 11.3. The Morgan fingerprint density at radius 1 is 1.21 bits per heavy atom. The third-order valence-electron chi connectivity index (χ3n) is 5.25. The topological polar surface area (TPSA) is 110 Å². The number of nitrogens with zero attached hydrogens (tertiary/aromatic N) is 5. The molecule has 4 aromatic rings. The summed E-state index contributed by atoms with van der Waals surface area (Å²) in [5.41, 5.74) is 9.50. The first-order valence-electron chi connectivity index (χ1n) is 9.07. The van der Waals surface area contributed by atoms with Crippen LogP contribution in [0.3, 0.4) is 0 Å². The maximum atomic E-state index is 11.3. The molecular weight excluding hydrogens is 356 g/mol. The minimum absolute atomic E-state index is 0.381. The van der Waals surface area contributed by atoms with E-state index in [1.54, 1.807) is 23.0 Å². The van der Waals surface area contributed by atoms with Gasteiger partial charge in [-0.15, -0.1) is 0 Å².